The summed E-state index contributed by atoms with van der Waals surface area (Å²) < 4.78 is 20.0. The highest BCUT2D eigenvalue weighted by molar-refractivity contribution is 6.14. The molecular formula is C89H123N11O21. The number of aliphatic hydroxyl groups is 1. The third kappa shape index (κ3) is 17.1. The molecule has 4 aromatic carbocycles. The van der Waals surface area contributed by atoms with Crippen molar-refractivity contribution >= 4 is 88.9 Å². The fourth-order valence-corrected chi connectivity index (χ4v) is 18.2. The topological polar surface area (TPSA) is 409 Å². The molecule has 10 amide bonds. The van der Waals surface area contributed by atoms with Crippen molar-refractivity contribution in [3.05, 3.63) is 144 Å². The maximum Gasteiger partial charge on any atom is 0.344 e. The molecular weight excluding hydrogens is 1560 g/mol. The van der Waals surface area contributed by atoms with E-state index in [-0.39, 0.29) is 122 Å². The number of aliphatic hydroxyl groups excluding tert-OH is 1. The van der Waals surface area contributed by atoms with Crippen LogP contribution in [0.1, 0.15) is 126 Å². The van der Waals surface area contributed by atoms with Crippen LogP contribution in [0, 0.1) is 65.1 Å². The molecule has 17 atom stereocenters. The summed E-state index contributed by atoms with van der Waals surface area (Å²) in [5, 5.41) is 24.8. The van der Waals surface area contributed by atoms with Crippen LogP contribution in [0.2, 0.25) is 0 Å². The summed E-state index contributed by atoms with van der Waals surface area (Å²) in [6.07, 6.45) is 0. The molecule has 2 spiro atoms. The number of nitrogens with zero attached hydrogens (tertiary/aromatic N) is 8. The average Bonchev–Trinajstić information content (AvgIpc) is 1.57. The number of ether oxygens (including phenoxy) is 4. The van der Waals surface area contributed by atoms with E-state index in [1.54, 1.807) is 112 Å². The molecule has 8 fully saturated rings. The van der Waals surface area contributed by atoms with E-state index in [1.165, 1.54) is 35.8 Å². The molecule has 12 rings (SSSR count). The van der Waals surface area contributed by atoms with Gasteiger partial charge in [-0.25, -0.2) is 24.0 Å². The molecule has 0 bridgehead atoms. The average molecular weight is 1680 g/mol. The first-order chi connectivity index (χ1) is 56.9. The maximum atomic E-state index is 13.0. The number of likely N-dealkylation sites (N-methyl/N-ethyl adjacent to an activating group) is 6. The van der Waals surface area contributed by atoms with Gasteiger partial charge in [0.1, 0.15) is 16.6 Å². The molecule has 4 aromatic rings. The maximum absolute atomic E-state index is 13.0. The summed E-state index contributed by atoms with van der Waals surface area (Å²) >= 11 is 0. The third-order valence-electron chi connectivity index (χ3n) is 27.0. The number of carbonyl (C=O) groups excluding carboxylic acids is 14. The summed E-state index contributed by atoms with van der Waals surface area (Å²) in [6, 6.07) is 38.2. The van der Waals surface area contributed by atoms with Crippen molar-refractivity contribution in [2.75, 3.05) is 88.4 Å². The van der Waals surface area contributed by atoms with Gasteiger partial charge in [0.2, 0.25) is 58.0 Å². The predicted molar refractivity (Wildman–Crippen MR) is 443 cm³/mol. The number of hydrogen-bond donors (Lipinski definition) is 5. The van der Waals surface area contributed by atoms with Gasteiger partial charge in [0.05, 0.1) is 52.2 Å². The molecule has 8 aliphatic rings. The summed E-state index contributed by atoms with van der Waals surface area (Å²) in [6.45, 7) is 29.3. The lowest BCUT2D eigenvalue weighted by Crippen LogP contribution is -2.73. The second kappa shape index (κ2) is 39.6. The number of benzene rings is 4. The summed E-state index contributed by atoms with van der Waals surface area (Å²) in [7, 11) is 9.29. The Bertz CT molecular complexity index is 4350. The monoisotopic (exact) mass is 1680 g/mol. The number of carboxylic acids is 1. The van der Waals surface area contributed by atoms with Crippen LogP contribution < -0.4 is 16.4 Å². The Kier molecular flexibility index (Phi) is 31.7. The zero-order chi connectivity index (χ0) is 90.7. The highest BCUT2D eigenvalue weighted by Crippen LogP contribution is 2.48. The van der Waals surface area contributed by atoms with Gasteiger partial charge in [-0.3, -0.25) is 47.9 Å². The molecule has 0 aromatic heterocycles. The Morgan fingerprint density at radius 3 is 0.934 bits per heavy atom. The standard InChI is InChI=1S/C18H24N2O4.C16H22N2O3.C16H20N2O2.C15H19N3O2.C13H21NO5.C11H17NO5/c1-5-24-17(23)18(13(3)12(2)15(21)20(18)4)16(22)19-11-14-9-7-6-8-10-14;1-11-12(2)16(10-19,18(3)14(11)20)15(21)17-9-13-7-5-4-6-8-13;1-11-12(2)16(17(3)14(11)19)10-18(15(16)20)9-13-7-5-4-6-8-13;1-10-12(16)13(19)17(2)15(10)9-18(14(15)20)8-11-6-4-3-5-7-11;1-6-18-11(16)13(12(17)19-7-2)9(4)8(3)10(15)14(13)5;1-5-17-10(16)11(9(14)15)7(3)6(2)8(13)12(11)4/h6-10,12-13H,5,11H2,1-4H3,(H,19,22);4-8,11-12,19H,9-10H2,1-3H3,(H,17,21);4-8,11-12H,9-10H2,1-3H3;3-7,10,12H,8-9,16H2,1-2H3;8-9H,6-7H2,1-5H3;6-7H,5H2,1-4H3,(H,14,15). The predicted octanol–water partition coefficient (Wildman–Crippen LogP) is 4.55. The number of aliphatic carboxylic acids is 1. The van der Waals surface area contributed by atoms with Crippen molar-refractivity contribution in [1.82, 2.24) is 49.8 Å². The van der Waals surface area contributed by atoms with Crippen molar-refractivity contribution < 1.29 is 101 Å². The highest BCUT2D eigenvalue weighted by atomic mass is 16.6. The number of esters is 4. The number of nitrogens with one attached hydrogen (secondary N) is 2. The van der Waals surface area contributed by atoms with Crippen LogP contribution in [0.15, 0.2) is 121 Å². The zero-order valence-corrected chi connectivity index (χ0v) is 73.6. The fourth-order valence-electron chi connectivity index (χ4n) is 18.2. The minimum atomic E-state index is -1.90. The summed E-state index contributed by atoms with van der Waals surface area (Å²) in [5.74, 6) is -9.65. The molecule has 0 radical (unpaired) electrons. The van der Waals surface area contributed by atoms with Gasteiger partial charge in [0, 0.05) is 134 Å². The smallest absolute Gasteiger partial charge is 0.344 e. The molecule has 8 saturated heterocycles. The van der Waals surface area contributed by atoms with Crippen LogP contribution in [0.25, 0.3) is 0 Å². The van der Waals surface area contributed by atoms with Crippen molar-refractivity contribution in [2.45, 2.75) is 169 Å². The number of likely N-dealkylation sites (tertiary alicyclic amines) is 8. The Labute approximate surface area is 708 Å². The minimum absolute atomic E-state index is 0.0117. The molecule has 6 N–H and O–H groups in total. The van der Waals surface area contributed by atoms with E-state index in [2.05, 4.69) is 10.6 Å². The SMILES string of the molecule is CC1C(=O)N(C)C(CO)(C(=O)NCc2ccccc2)C1C.CC1C(=O)N(C)C2(CN(Cc3ccccc3)C2=O)C1C.CC1C(N)C(=O)N(C)C12CN(Cc1ccccc1)C2=O.CCOC(=O)C1(C(=O)NCc2ccccc2)C(C)C(C)C(=O)N1C.CCOC(=O)C1(C(=O)O)C(C)C(C)C(=O)N1C.CCOC(=O)C1(C(=O)OCC)C(C)C(C)C(=O)N1C. The number of carboxylic acid groups (broad SMARTS) is 1. The van der Waals surface area contributed by atoms with E-state index in [1.807, 2.05) is 154 Å². The Hall–Kier alpha value is -11.1. The van der Waals surface area contributed by atoms with Crippen LogP contribution >= 0.6 is 0 Å². The number of hydrogen-bond acceptors (Lipinski definition) is 21. The lowest BCUT2D eigenvalue weighted by atomic mass is 9.75. The second-order valence-corrected chi connectivity index (χ2v) is 32.6. The lowest BCUT2D eigenvalue weighted by molar-refractivity contribution is -0.177. The molecule has 32 heteroatoms. The van der Waals surface area contributed by atoms with Gasteiger partial charge in [0.15, 0.2) is 0 Å². The van der Waals surface area contributed by atoms with Crippen LogP contribution in [0.3, 0.4) is 0 Å². The van der Waals surface area contributed by atoms with Crippen LogP contribution in [-0.4, -0.2) is 266 Å². The molecule has 0 saturated carbocycles. The van der Waals surface area contributed by atoms with Crippen LogP contribution in [0.5, 0.6) is 0 Å². The number of amides is 10. The first-order valence-electron chi connectivity index (χ1n) is 41.2. The van der Waals surface area contributed by atoms with Gasteiger partial charge >= 0.3 is 29.8 Å². The van der Waals surface area contributed by atoms with Crippen molar-refractivity contribution in [2.24, 2.45) is 70.8 Å². The fraction of sp³-hybridized carbons (Fsp3) is 0.562. The van der Waals surface area contributed by atoms with Crippen molar-refractivity contribution in [3.8, 4) is 0 Å². The van der Waals surface area contributed by atoms with Crippen molar-refractivity contribution in [3.63, 3.8) is 0 Å². The first kappa shape index (κ1) is 97.0. The Morgan fingerprint density at radius 1 is 0.372 bits per heavy atom. The van der Waals surface area contributed by atoms with Crippen LogP contribution in [-0.2, 0) is 117 Å². The van der Waals surface area contributed by atoms with E-state index >= 15 is 0 Å². The van der Waals surface area contributed by atoms with Crippen LogP contribution in [0.4, 0.5) is 0 Å². The van der Waals surface area contributed by atoms with E-state index in [9.17, 15) is 82.1 Å². The van der Waals surface area contributed by atoms with E-state index in [4.69, 9.17) is 24.7 Å². The summed E-state index contributed by atoms with van der Waals surface area (Å²) in [4.78, 5) is 195. The Morgan fingerprint density at radius 2 is 0.653 bits per heavy atom. The molecule has 32 nitrogen and oxygen atoms in total. The zero-order valence-electron chi connectivity index (χ0n) is 73.6. The van der Waals surface area contributed by atoms with Gasteiger partial charge in [0.25, 0.3) is 17.7 Å². The van der Waals surface area contributed by atoms with E-state index < -0.39 is 111 Å². The van der Waals surface area contributed by atoms with Gasteiger partial charge in [-0.05, 0) is 49.9 Å². The van der Waals surface area contributed by atoms with Gasteiger partial charge in [-0.2, -0.15) is 0 Å². The van der Waals surface area contributed by atoms with Crippen molar-refractivity contribution in [1.29, 1.82) is 0 Å². The third-order valence-corrected chi connectivity index (χ3v) is 27.0. The van der Waals surface area contributed by atoms with Gasteiger partial charge < -0.3 is 84.7 Å². The molecule has 8 aliphatic heterocycles. The van der Waals surface area contributed by atoms with Gasteiger partial charge in [-0.1, -0.05) is 197 Å². The number of rotatable bonds is 20. The normalized spacial score (nSPS) is 29.7. The molecule has 660 valence electrons. The number of β-lactam (4-membered cyclic amide) rings is 2. The second-order valence-electron chi connectivity index (χ2n) is 32.6. The Balaban J connectivity index is 0.000000201. The number of nitrogens with two attached hydrogens (primary N) is 1. The summed E-state index contributed by atoms with van der Waals surface area (Å²) in [5.41, 5.74) is 2.34. The number of carbonyl (C=O) groups is 15. The quantitative estimate of drug-likeness (QED) is 0.0350. The first-order valence-corrected chi connectivity index (χ1v) is 41.2. The molecule has 17 unspecified atom stereocenters. The minimum Gasteiger partial charge on any atom is -0.479 e. The largest absolute Gasteiger partial charge is 0.479 e. The van der Waals surface area contributed by atoms with E-state index in [0.29, 0.717) is 32.7 Å². The molecule has 8 heterocycles. The highest BCUT2D eigenvalue weighted by Gasteiger charge is 2.70. The van der Waals surface area contributed by atoms with Gasteiger partial charge in [-0.15, -0.1) is 0 Å². The van der Waals surface area contributed by atoms with E-state index in [0.717, 1.165) is 27.2 Å². The molecule has 121 heavy (non-hydrogen) atoms. The lowest BCUT2D eigenvalue weighted by Gasteiger charge is -2.52. The molecule has 0 aliphatic carbocycles.